The van der Waals surface area contributed by atoms with Crippen LogP contribution in [0.4, 0.5) is 0 Å². The molecule has 1 saturated carbocycles. The quantitative estimate of drug-likeness (QED) is 0.657. The summed E-state index contributed by atoms with van der Waals surface area (Å²) in [4.78, 5) is 23.3. The Hall–Kier alpha value is -0.810. The smallest absolute Gasteiger partial charge is 0.239 e. The second kappa shape index (κ2) is 7.84. The van der Waals surface area contributed by atoms with Crippen molar-refractivity contribution in [2.24, 2.45) is 23.0 Å². The predicted octanol–water partition coefficient (Wildman–Crippen LogP) is 1.06. The maximum atomic E-state index is 11.7. The normalized spacial score (nSPS) is 17.4. The average molecular weight is 306 g/mol. The van der Waals surface area contributed by atoms with Gasteiger partial charge < -0.3 is 16.4 Å². The zero-order chi connectivity index (χ0) is 14.6. The highest BCUT2D eigenvalue weighted by Gasteiger charge is 2.45. The first-order chi connectivity index (χ1) is 8.78. The zero-order valence-electron chi connectivity index (χ0n) is 12.9. The fourth-order valence-electron chi connectivity index (χ4n) is 2.04. The molecule has 0 aliphatic heterocycles. The molecule has 20 heavy (non-hydrogen) atoms. The summed E-state index contributed by atoms with van der Waals surface area (Å²) in [6.45, 7) is 8.84. The molecule has 1 fully saturated rings. The second-order valence-corrected chi connectivity index (χ2v) is 6.28. The summed E-state index contributed by atoms with van der Waals surface area (Å²) < 4.78 is 0. The van der Waals surface area contributed by atoms with Crippen LogP contribution in [0.1, 0.15) is 40.5 Å². The number of carbonyl (C=O) groups is 2. The standard InChI is InChI=1S/C14H27N3O2.ClH/c1-9(2)12(15)13(19)16-7-11(18)17-8-14(5-6-14)10(3)4;/h9-10,12H,5-8,15H2,1-4H3,(H,16,19)(H,17,18);1H/t12-;/m0./s1. The number of halogens is 1. The zero-order valence-corrected chi connectivity index (χ0v) is 13.7. The van der Waals surface area contributed by atoms with Gasteiger partial charge in [-0.3, -0.25) is 9.59 Å². The predicted molar refractivity (Wildman–Crippen MR) is 82.6 cm³/mol. The number of amides is 2. The van der Waals surface area contributed by atoms with E-state index in [-0.39, 0.29) is 42.1 Å². The lowest BCUT2D eigenvalue weighted by molar-refractivity contribution is -0.127. The Morgan fingerprint density at radius 1 is 1.15 bits per heavy atom. The molecule has 0 aromatic rings. The third-order valence-corrected chi connectivity index (χ3v) is 4.20. The van der Waals surface area contributed by atoms with E-state index in [0.29, 0.717) is 12.5 Å². The minimum absolute atomic E-state index is 0. The van der Waals surface area contributed by atoms with Gasteiger partial charge >= 0.3 is 0 Å². The van der Waals surface area contributed by atoms with E-state index in [1.165, 1.54) is 12.8 Å². The van der Waals surface area contributed by atoms with Gasteiger partial charge in [-0.2, -0.15) is 0 Å². The fourth-order valence-corrected chi connectivity index (χ4v) is 2.04. The summed E-state index contributed by atoms with van der Waals surface area (Å²) >= 11 is 0. The highest BCUT2D eigenvalue weighted by atomic mass is 35.5. The minimum atomic E-state index is -0.557. The molecular weight excluding hydrogens is 278 g/mol. The molecule has 0 spiro atoms. The van der Waals surface area contributed by atoms with Crippen LogP contribution in [0.15, 0.2) is 0 Å². The monoisotopic (exact) mass is 305 g/mol. The van der Waals surface area contributed by atoms with Crippen molar-refractivity contribution in [1.29, 1.82) is 0 Å². The molecular formula is C14H28ClN3O2. The van der Waals surface area contributed by atoms with Crippen LogP contribution in [0.5, 0.6) is 0 Å². The van der Waals surface area contributed by atoms with Crippen molar-refractivity contribution in [3.8, 4) is 0 Å². The maximum Gasteiger partial charge on any atom is 0.239 e. The number of carbonyl (C=O) groups excluding carboxylic acids is 2. The van der Waals surface area contributed by atoms with Crippen molar-refractivity contribution in [3.63, 3.8) is 0 Å². The Labute approximate surface area is 127 Å². The highest BCUT2D eigenvalue weighted by molar-refractivity contribution is 5.87. The number of nitrogens with two attached hydrogens (primary N) is 1. The van der Waals surface area contributed by atoms with Crippen molar-refractivity contribution < 1.29 is 9.59 Å². The molecule has 0 radical (unpaired) electrons. The number of nitrogens with one attached hydrogen (secondary N) is 2. The summed E-state index contributed by atoms with van der Waals surface area (Å²) in [7, 11) is 0. The highest BCUT2D eigenvalue weighted by Crippen LogP contribution is 2.51. The molecule has 5 nitrogen and oxygen atoms in total. The molecule has 0 aromatic heterocycles. The summed E-state index contributed by atoms with van der Waals surface area (Å²) in [5.41, 5.74) is 5.98. The van der Waals surface area contributed by atoms with Crippen molar-refractivity contribution >= 4 is 24.2 Å². The molecule has 1 aliphatic carbocycles. The lowest BCUT2D eigenvalue weighted by atomic mass is 9.92. The van der Waals surface area contributed by atoms with Crippen LogP contribution in [-0.4, -0.2) is 30.9 Å². The molecule has 1 rings (SSSR count). The van der Waals surface area contributed by atoms with Gasteiger partial charge in [-0.15, -0.1) is 12.4 Å². The lowest BCUT2D eigenvalue weighted by Crippen LogP contribution is -2.47. The molecule has 0 bridgehead atoms. The van der Waals surface area contributed by atoms with E-state index >= 15 is 0 Å². The molecule has 1 aliphatic rings. The van der Waals surface area contributed by atoms with Crippen LogP contribution in [0.2, 0.25) is 0 Å². The molecule has 118 valence electrons. The number of hydrogen-bond acceptors (Lipinski definition) is 3. The van der Waals surface area contributed by atoms with E-state index in [4.69, 9.17) is 5.73 Å². The molecule has 0 aromatic carbocycles. The fraction of sp³-hybridized carbons (Fsp3) is 0.857. The van der Waals surface area contributed by atoms with Crippen LogP contribution < -0.4 is 16.4 Å². The summed E-state index contributed by atoms with van der Waals surface area (Å²) in [5, 5.41) is 5.47. The largest absolute Gasteiger partial charge is 0.354 e. The Kier molecular flexibility index (Phi) is 7.52. The van der Waals surface area contributed by atoms with Crippen LogP contribution in [-0.2, 0) is 9.59 Å². The first-order valence-electron chi connectivity index (χ1n) is 7.08. The van der Waals surface area contributed by atoms with Gasteiger partial charge in [0, 0.05) is 6.54 Å². The van der Waals surface area contributed by atoms with Crippen molar-refractivity contribution in [1.82, 2.24) is 10.6 Å². The first kappa shape index (κ1) is 19.2. The van der Waals surface area contributed by atoms with Crippen LogP contribution >= 0.6 is 12.4 Å². The summed E-state index contributed by atoms with van der Waals surface area (Å²) in [6.07, 6.45) is 2.35. The van der Waals surface area contributed by atoms with E-state index in [2.05, 4.69) is 24.5 Å². The molecule has 0 saturated heterocycles. The Morgan fingerprint density at radius 3 is 2.10 bits per heavy atom. The molecule has 0 unspecified atom stereocenters. The van der Waals surface area contributed by atoms with E-state index in [1.807, 2.05) is 13.8 Å². The van der Waals surface area contributed by atoms with Crippen molar-refractivity contribution in [3.05, 3.63) is 0 Å². The van der Waals surface area contributed by atoms with Gasteiger partial charge in [0.15, 0.2) is 0 Å². The van der Waals surface area contributed by atoms with Crippen molar-refractivity contribution in [2.75, 3.05) is 13.1 Å². The van der Waals surface area contributed by atoms with Gasteiger partial charge in [-0.1, -0.05) is 27.7 Å². The van der Waals surface area contributed by atoms with Gasteiger partial charge in [0.25, 0.3) is 0 Å². The first-order valence-corrected chi connectivity index (χ1v) is 7.08. The maximum absolute atomic E-state index is 11.7. The van der Waals surface area contributed by atoms with Crippen molar-refractivity contribution in [2.45, 2.75) is 46.6 Å². The number of rotatable bonds is 7. The van der Waals surface area contributed by atoms with E-state index in [0.717, 1.165) is 0 Å². The van der Waals surface area contributed by atoms with E-state index < -0.39 is 6.04 Å². The molecule has 2 amide bonds. The minimum Gasteiger partial charge on any atom is -0.354 e. The van der Waals surface area contributed by atoms with Gasteiger partial charge in [0.05, 0.1) is 12.6 Å². The van der Waals surface area contributed by atoms with E-state index in [9.17, 15) is 9.59 Å². The molecule has 1 atom stereocenters. The van der Waals surface area contributed by atoms with Crippen LogP contribution in [0.3, 0.4) is 0 Å². The van der Waals surface area contributed by atoms with E-state index in [1.54, 1.807) is 0 Å². The third-order valence-electron chi connectivity index (χ3n) is 4.20. The topological polar surface area (TPSA) is 84.2 Å². The lowest BCUT2D eigenvalue weighted by Gasteiger charge is -2.20. The third kappa shape index (κ3) is 5.29. The van der Waals surface area contributed by atoms with Gasteiger partial charge in [0.2, 0.25) is 11.8 Å². The molecule has 4 N–H and O–H groups in total. The Bertz CT molecular complexity index is 341. The summed E-state index contributed by atoms with van der Waals surface area (Å²) in [5.74, 6) is 0.238. The number of hydrogen-bond donors (Lipinski definition) is 3. The summed E-state index contributed by atoms with van der Waals surface area (Å²) in [6, 6.07) is -0.557. The van der Waals surface area contributed by atoms with Crippen LogP contribution in [0, 0.1) is 17.3 Å². The average Bonchev–Trinajstić information content (AvgIpc) is 3.13. The molecule has 0 heterocycles. The van der Waals surface area contributed by atoms with Gasteiger partial charge in [0.1, 0.15) is 0 Å². The Morgan fingerprint density at radius 2 is 1.70 bits per heavy atom. The molecule has 6 heteroatoms. The Balaban J connectivity index is 0.00000361. The van der Waals surface area contributed by atoms with Gasteiger partial charge in [-0.25, -0.2) is 0 Å². The van der Waals surface area contributed by atoms with Crippen LogP contribution in [0.25, 0.3) is 0 Å². The second-order valence-electron chi connectivity index (χ2n) is 6.28. The van der Waals surface area contributed by atoms with Gasteiger partial charge in [-0.05, 0) is 30.1 Å². The SMILES string of the molecule is CC(C)[C@H](N)C(=O)NCC(=O)NCC1(C(C)C)CC1.Cl.